The topological polar surface area (TPSA) is 45.0 Å². The van der Waals surface area contributed by atoms with Crippen molar-refractivity contribution < 1.29 is 17.9 Å². The monoisotopic (exact) mass is 224 g/mol. The van der Waals surface area contributed by atoms with Crippen LogP contribution < -0.4 is 5.32 Å². The van der Waals surface area contributed by atoms with Crippen molar-refractivity contribution >= 4 is 0 Å². The maximum Gasteiger partial charge on any atom is 0.401 e. The first-order valence-electron chi connectivity index (χ1n) is 4.49. The number of nitrogens with zero attached hydrogens (tertiary/aromatic N) is 1. The molecular weight excluding hydrogens is 209 g/mol. The van der Waals surface area contributed by atoms with Crippen LogP contribution in [0.25, 0.3) is 0 Å². The fourth-order valence-electron chi connectivity index (χ4n) is 1.11. The van der Waals surface area contributed by atoms with E-state index in [-0.39, 0.29) is 12.5 Å². The fourth-order valence-corrected chi connectivity index (χ4v) is 1.11. The summed E-state index contributed by atoms with van der Waals surface area (Å²) in [6, 6.07) is 1.85. The molecule has 0 aromatic rings. The molecule has 0 radical (unpaired) electrons. The van der Waals surface area contributed by atoms with Crippen LogP contribution in [0.15, 0.2) is 0 Å². The van der Waals surface area contributed by atoms with E-state index in [9.17, 15) is 13.2 Å². The fraction of sp³-hybridized carbons (Fsp3) is 0.889. The molecule has 1 atom stereocenters. The summed E-state index contributed by atoms with van der Waals surface area (Å²) < 4.78 is 40.8. The zero-order chi connectivity index (χ0) is 12.1. The van der Waals surface area contributed by atoms with Gasteiger partial charge < -0.3 is 4.74 Å². The molecule has 0 spiro atoms. The second-order valence-corrected chi connectivity index (χ2v) is 3.64. The summed E-state index contributed by atoms with van der Waals surface area (Å²) >= 11 is 0. The molecule has 0 aliphatic rings. The molecule has 0 heterocycles. The van der Waals surface area contributed by atoms with Crippen LogP contribution in [0.1, 0.15) is 13.8 Å². The number of nitriles is 1. The normalized spacial score (nSPS) is 16.1. The van der Waals surface area contributed by atoms with Gasteiger partial charge in [-0.3, -0.25) is 5.32 Å². The van der Waals surface area contributed by atoms with Gasteiger partial charge >= 0.3 is 6.18 Å². The third-order valence-electron chi connectivity index (χ3n) is 2.16. The molecule has 0 amide bonds. The van der Waals surface area contributed by atoms with Crippen molar-refractivity contribution in [3.8, 4) is 6.07 Å². The van der Waals surface area contributed by atoms with E-state index in [1.54, 1.807) is 13.8 Å². The van der Waals surface area contributed by atoms with Crippen LogP contribution in [-0.4, -0.2) is 32.0 Å². The largest absolute Gasteiger partial charge is 0.401 e. The van der Waals surface area contributed by atoms with Crippen molar-refractivity contribution in [2.24, 2.45) is 5.92 Å². The van der Waals surface area contributed by atoms with Gasteiger partial charge in [-0.25, -0.2) is 0 Å². The van der Waals surface area contributed by atoms with Gasteiger partial charge in [0.1, 0.15) is 5.54 Å². The van der Waals surface area contributed by atoms with Gasteiger partial charge in [0, 0.05) is 7.11 Å². The highest BCUT2D eigenvalue weighted by molar-refractivity contribution is 5.09. The van der Waals surface area contributed by atoms with E-state index in [1.807, 2.05) is 6.07 Å². The molecule has 88 valence electrons. The standard InChI is InChI=1S/C9H15F3N2O/c1-7(2)8(4-13,6-15-3)14-5-9(10,11)12/h7,14H,5-6H2,1-3H3. The maximum absolute atomic E-state index is 12.0. The van der Waals surface area contributed by atoms with Crippen molar-refractivity contribution in [1.82, 2.24) is 5.32 Å². The molecule has 1 N–H and O–H groups in total. The van der Waals surface area contributed by atoms with Gasteiger partial charge in [0.25, 0.3) is 0 Å². The average molecular weight is 224 g/mol. The Labute approximate surface area is 87.2 Å². The summed E-state index contributed by atoms with van der Waals surface area (Å²) in [6.45, 7) is 2.08. The number of hydrogen-bond acceptors (Lipinski definition) is 3. The van der Waals surface area contributed by atoms with E-state index in [0.717, 1.165) is 0 Å². The molecule has 6 heteroatoms. The van der Waals surface area contributed by atoms with Gasteiger partial charge in [-0.15, -0.1) is 0 Å². The van der Waals surface area contributed by atoms with Crippen LogP contribution in [0, 0.1) is 17.2 Å². The molecule has 0 aliphatic heterocycles. The molecule has 0 aliphatic carbocycles. The Kier molecular flexibility index (Phi) is 5.05. The molecule has 15 heavy (non-hydrogen) atoms. The molecule has 0 aromatic heterocycles. The van der Waals surface area contributed by atoms with E-state index >= 15 is 0 Å². The molecule has 0 saturated carbocycles. The Balaban J connectivity index is 4.58. The lowest BCUT2D eigenvalue weighted by Gasteiger charge is -2.31. The minimum atomic E-state index is -4.33. The van der Waals surface area contributed by atoms with Crippen molar-refractivity contribution in [2.75, 3.05) is 20.3 Å². The zero-order valence-electron chi connectivity index (χ0n) is 8.98. The van der Waals surface area contributed by atoms with E-state index in [2.05, 4.69) is 5.32 Å². The number of rotatable bonds is 5. The number of hydrogen-bond donors (Lipinski definition) is 1. The van der Waals surface area contributed by atoms with Gasteiger partial charge in [-0.1, -0.05) is 13.8 Å². The quantitative estimate of drug-likeness (QED) is 0.773. The number of nitrogens with one attached hydrogen (secondary N) is 1. The van der Waals surface area contributed by atoms with Crippen molar-refractivity contribution in [3.05, 3.63) is 0 Å². The summed E-state index contributed by atoms with van der Waals surface area (Å²) in [5, 5.41) is 11.1. The lowest BCUT2D eigenvalue weighted by Crippen LogP contribution is -2.54. The van der Waals surface area contributed by atoms with Crippen LogP contribution in [-0.2, 0) is 4.74 Å². The third-order valence-corrected chi connectivity index (χ3v) is 2.16. The third kappa shape index (κ3) is 4.49. The van der Waals surface area contributed by atoms with E-state index in [1.165, 1.54) is 7.11 Å². The van der Waals surface area contributed by atoms with E-state index in [0.29, 0.717) is 0 Å². The van der Waals surface area contributed by atoms with E-state index < -0.39 is 18.3 Å². The van der Waals surface area contributed by atoms with Crippen LogP contribution in [0.4, 0.5) is 13.2 Å². The van der Waals surface area contributed by atoms with Crippen LogP contribution in [0.5, 0.6) is 0 Å². The van der Waals surface area contributed by atoms with Gasteiger partial charge in [-0.2, -0.15) is 18.4 Å². The SMILES string of the molecule is COCC(C#N)(NCC(F)(F)F)C(C)C. The molecule has 3 nitrogen and oxygen atoms in total. The maximum atomic E-state index is 12.0. The minimum Gasteiger partial charge on any atom is -0.382 e. The lowest BCUT2D eigenvalue weighted by atomic mass is 9.88. The summed E-state index contributed by atoms with van der Waals surface area (Å²) in [5.74, 6) is -0.273. The minimum absolute atomic E-state index is 0.0722. The second-order valence-electron chi connectivity index (χ2n) is 3.64. The summed E-state index contributed by atoms with van der Waals surface area (Å²) in [5.41, 5.74) is -1.29. The first kappa shape index (κ1) is 14.2. The Morgan fingerprint density at radius 2 is 1.93 bits per heavy atom. The first-order chi connectivity index (χ1) is 6.77. The van der Waals surface area contributed by atoms with Crippen LogP contribution in [0.2, 0.25) is 0 Å². The van der Waals surface area contributed by atoms with Gasteiger partial charge in [0.05, 0.1) is 19.2 Å². The van der Waals surface area contributed by atoms with Gasteiger partial charge in [-0.05, 0) is 5.92 Å². The number of ether oxygens (including phenoxy) is 1. The molecule has 1 unspecified atom stereocenters. The number of alkyl halides is 3. The number of halogens is 3. The predicted octanol–water partition coefficient (Wildman–Crippen LogP) is 1.70. The summed E-state index contributed by atoms with van der Waals surface area (Å²) in [4.78, 5) is 0. The summed E-state index contributed by atoms with van der Waals surface area (Å²) in [6.07, 6.45) is -4.33. The molecule has 0 fully saturated rings. The highest BCUT2D eigenvalue weighted by atomic mass is 19.4. The molecule has 0 saturated heterocycles. The Morgan fingerprint density at radius 3 is 2.20 bits per heavy atom. The average Bonchev–Trinajstić information content (AvgIpc) is 2.10. The zero-order valence-corrected chi connectivity index (χ0v) is 8.98. The Hall–Kier alpha value is -0.800. The highest BCUT2D eigenvalue weighted by Gasteiger charge is 2.38. The van der Waals surface area contributed by atoms with Gasteiger partial charge in [0.2, 0.25) is 0 Å². The Bertz CT molecular complexity index is 234. The summed E-state index contributed by atoms with van der Waals surface area (Å²) in [7, 11) is 1.35. The second kappa shape index (κ2) is 5.33. The lowest BCUT2D eigenvalue weighted by molar-refractivity contribution is -0.129. The Morgan fingerprint density at radius 1 is 1.40 bits per heavy atom. The van der Waals surface area contributed by atoms with Crippen LogP contribution >= 0.6 is 0 Å². The van der Waals surface area contributed by atoms with E-state index in [4.69, 9.17) is 10.00 Å². The van der Waals surface area contributed by atoms with Crippen molar-refractivity contribution in [3.63, 3.8) is 0 Å². The molecule has 0 rings (SSSR count). The number of methoxy groups -OCH3 is 1. The molecule has 0 bridgehead atoms. The highest BCUT2D eigenvalue weighted by Crippen LogP contribution is 2.20. The van der Waals surface area contributed by atoms with Crippen molar-refractivity contribution in [2.45, 2.75) is 25.6 Å². The smallest absolute Gasteiger partial charge is 0.382 e. The van der Waals surface area contributed by atoms with Gasteiger partial charge in [0.15, 0.2) is 0 Å². The van der Waals surface area contributed by atoms with Crippen molar-refractivity contribution in [1.29, 1.82) is 5.26 Å². The van der Waals surface area contributed by atoms with Crippen LogP contribution in [0.3, 0.4) is 0 Å². The molecule has 0 aromatic carbocycles. The molecular formula is C9H15F3N2O. The first-order valence-corrected chi connectivity index (χ1v) is 4.49. The predicted molar refractivity (Wildman–Crippen MR) is 49.1 cm³/mol.